The number of aliphatic hydroxyl groups excluding tert-OH is 7. The van der Waals surface area contributed by atoms with E-state index in [4.69, 9.17) is 9.47 Å². The zero-order valence-electron chi connectivity index (χ0n) is 49.7. The fourth-order valence-electron chi connectivity index (χ4n) is 10.3. The minimum absolute atomic E-state index is 0.241. The fraction of sp³-hybridized carbons (Fsp3) is 0.864. The summed E-state index contributed by atoms with van der Waals surface area (Å²) in [6, 6.07) is -1.20. The van der Waals surface area contributed by atoms with Crippen LogP contribution in [0.4, 0.5) is 0 Å². The van der Waals surface area contributed by atoms with Gasteiger partial charge < -0.3 is 50.5 Å². The molecule has 77 heavy (non-hydrogen) atoms. The lowest BCUT2D eigenvalue weighted by atomic mass is 9.98. The van der Waals surface area contributed by atoms with Crippen molar-refractivity contribution in [3.8, 4) is 0 Å². The molecule has 0 aromatic heterocycles. The normalized spacial score (nSPS) is 19.8. The maximum atomic E-state index is 13.2. The fourth-order valence-corrected chi connectivity index (χ4v) is 10.3. The van der Waals surface area contributed by atoms with Crippen LogP contribution in [0.3, 0.4) is 0 Å². The van der Waals surface area contributed by atoms with E-state index in [-0.39, 0.29) is 12.8 Å². The molecule has 1 saturated heterocycles. The average Bonchev–Trinajstić information content (AvgIpc) is 3.43. The van der Waals surface area contributed by atoms with Crippen LogP contribution < -0.4 is 5.32 Å². The Bertz CT molecular complexity index is 1390. The van der Waals surface area contributed by atoms with Crippen molar-refractivity contribution in [2.45, 2.75) is 351 Å². The van der Waals surface area contributed by atoms with Gasteiger partial charge in [-0.25, -0.2) is 0 Å². The monoisotopic (exact) mass is 1090 g/mol. The molecule has 0 radical (unpaired) electrons. The van der Waals surface area contributed by atoms with Gasteiger partial charge in [0.1, 0.15) is 36.6 Å². The Balaban J connectivity index is 2.22. The minimum Gasteiger partial charge on any atom is -0.394 e. The SMILES string of the molecule is CCCCCCC/C=C/CC/C=C/CC/C=C/CCCC(O)C(O)C(COC1OC(CO)C(O)C(O)C1O)NC(=O)C(O)CCCCCCCCCCCCCCCCCC/C=C\CCCCCCCCCCCCCC. The summed E-state index contributed by atoms with van der Waals surface area (Å²) in [5, 5.41) is 76.2. The molecule has 0 aliphatic carbocycles. The van der Waals surface area contributed by atoms with Gasteiger partial charge in [-0.2, -0.15) is 0 Å². The van der Waals surface area contributed by atoms with Crippen molar-refractivity contribution < 1.29 is 50.0 Å². The van der Waals surface area contributed by atoms with Crippen molar-refractivity contribution in [2.75, 3.05) is 13.2 Å². The molecule has 1 aliphatic rings. The van der Waals surface area contributed by atoms with Crippen LogP contribution in [0, 0.1) is 0 Å². The molecule has 0 spiro atoms. The van der Waals surface area contributed by atoms with Crippen molar-refractivity contribution in [1.29, 1.82) is 0 Å². The van der Waals surface area contributed by atoms with Gasteiger partial charge in [-0.05, 0) is 89.9 Å². The standard InChI is InChI=1S/C66H123NO10/c1-3-5-7-9-11-13-15-17-19-21-23-24-25-26-27-28-29-30-31-32-33-34-35-36-38-40-42-44-46-48-50-52-54-59(70)65(75)67-57(56-76-66-64(74)63(73)62(72)60(55-68)77-66)61(71)58(69)53-51-49-47-45-43-41-39-37-22-20-18-16-14-12-10-8-6-4-2/h16,18,26-27,37,39,45,47,57-64,66,68-74H,3-15,17,19-25,28-36,38,40-44,46,48-56H2,1-2H3,(H,67,75)/b18-16+,27-26-,39-37+,47-45+. The van der Waals surface area contributed by atoms with Gasteiger partial charge in [0.2, 0.25) is 5.91 Å². The topological polar surface area (TPSA) is 189 Å². The first kappa shape index (κ1) is 73.1. The summed E-state index contributed by atoms with van der Waals surface area (Å²) < 4.78 is 11.1. The number of hydrogen-bond donors (Lipinski definition) is 8. The van der Waals surface area contributed by atoms with Gasteiger partial charge >= 0.3 is 0 Å². The van der Waals surface area contributed by atoms with E-state index < -0.39 is 74.2 Å². The first-order valence-corrected chi connectivity index (χ1v) is 32.5. The number of rotatable bonds is 56. The third-order valence-corrected chi connectivity index (χ3v) is 15.6. The van der Waals surface area contributed by atoms with E-state index in [1.807, 2.05) is 0 Å². The molecule has 452 valence electrons. The largest absolute Gasteiger partial charge is 0.394 e. The van der Waals surface area contributed by atoms with Crippen LogP contribution in [-0.2, 0) is 14.3 Å². The lowest BCUT2D eigenvalue weighted by Crippen LogP contribution is -2.60. The zero-order valence-corrected chi connectivity index (χ0v) is 49.7. The van der Waals surface area contributed by atoms with E-state index in [2.05, 4.69) is 67.8 Å². The second-order valence-corrected chi connectivity index (χ2v) is 22.8. The summed E-state index contributed by atoms with van der Waals surface area (Å²) in [6.07, 6.45) is 59.0. The molecule has 0 saturated carbocycles. The zero-order chi connectivity index (χ0) is 56.1. The second-order valence-electron chi connectivity index (χ2n) is 22.8. The second kappa shape index (κ2) is 54.6. The van der Waals surface area contributed by atoms with Crippen LogP contribution in [-0.4, -0.2) is 110 Å². The maximum Gasteiger partial charge on any atom is 0.249 e. The van der Waals surface area contributed by atoms with E-state index in [9.17, 15) is 40.5 Å². The molecule has 1 rings (SSSR count). The number of amides is 1. The summed E-state index contributed by atoms with van der Waals surface area (Å²) in [5.74, 6) is -0.710. The van der Waals surface area contributed by atoms with Crippen LogP contribution in [0.1, 0.15) is 296 Å². The van der Waals surface area contributed by atoms with Crippen LogP contribution in [0.5, 0.6) is 0 Å². The molecule has 0 aromatic carbocycles. The average molecular weight is 1090 g/mol. The van der Waals surface area contributed by atoms with Crippen LogP contribution in [0.2, 0.25) is 0 Å². The molecule has 9 unspecified atom stereocenters. The first-order valence-electron chi connectivity index (χ1n) is 32.5. The number of aliphatic hydroxyl groups is 7. The number of nitrogens with one attached hydrogen (secondary N) is 1. The molecule has 11 nitrogen and oxygen atoms in total. The molecule has 8 N–H and O–H groups in total. The summed E-state index contributed by atoms with van der Waals surface area (Å²) in [7, 11) is 0. The number of carbonyl (C=O) groups excluding carboxylic acids is 1. The molecule has 1 aliphatic heterocycles. The Hall–Kier alpha value is -1.93. The van der Waals surface area contributed by atoms with E-state index >= 15 is 0 Å². The van der Waals surface area contributed by atoms with Gasteiger partial charge in [-0.1, -0.05) is 255 Å². The molecule has 0 aromatic rings. The number of unbranched alkanes of at least 4 members (excludes halogenated alkanes) is 36. The predicted octanol–water partition coefficient (Wildman–Crippen LogP) is 14.8. The van der Waals surface area contributed by atoms with Crippen molar-refractivity contribution >= 4 is 5.91 Å². The summed E-state index contributed by atoms with van der Waals surface area (Å²) >= 11 is 0. The van der Waals surface area contributed by atoms with E-state index in [1.54, 1.807) is 0 Å². The van der Waals surface area contributed by atoms with Gasteiger partial charge in [0.25, 0.3) is 0 Å². The molecule has 0 bridgehead atoms. The molecule has 1 amide bonds. The van der Waals surface area contributed by atoms with Crippen molar-refractivity contribution in [1.82, 2.24) is 5.32 Å². The molecule has 11 heteroatoms. The highest BCUT2D eigenvalue weighted by Crippen LogP contribution is 2.23. The van der Waals surface area contributed by atoms with E-state index in [1.165, 1.54) is 205 Å². The van der Waals surface area contributed by atoms with Crippen LogP contribution >= 0.6 is 0 Å². The number of ether oxygens (including phenoxy) is 2. The highest BCUT2D eigenvalue weighted by Gasteiger charge is 2.44. The van der Waals surface area contributed by atoms with Crippen molar-refractivity contribution in [3.63, 3.8) is 0 Å². The third-order valence-electron chi connectivity index (χ3n) is 15.6. The van der Waals surface area contributed by atoms with Crippen molar-refractivity contribution in [3.05, 3.63) is 48.6 Å². The van der Waals surface area contributed by atoms with Gasteiger partial charge in [0.05, 0.1) is 25.4 Å². The number of hydrogen-bond acceptors (Lipinski definition) is 10. The highest BCUT2D eigenvalue weighted by atomic mass is 16.7. The Kier molecular flexibility index (Phi) is 51.9. The van der Waals surface area contributed by atoms with Gasteiger partial charge in [-0.15, -0.1) is 0 Å². The third kappa shape index (κ3) is 42.6. The minimum atomic E-state index is -1.67. The lowest BCUT2D eigenvalue weighted by molar-refractivity contribution is -0.303. The van der Waals surface area contributed by atoms with Crippen molar-refractivity contribution in [2.24, 2.45) is 0 Å². The maximum absolute atomic E-state index is 13.2. The highest BCUT2D eigenvalue weighted by molar-refractivity contribution is 5.80. The summed E-state index contributed by atoms with van der Waals surface area (Å²) in [5.41, 5.74) is 0. The van der Waals surface area contributed by atoms with Gasteiger partial charge in [0, 0.05) is 0 Å². The molecule has 9 atom stereocenters. The first-order chi connectivity index (χ1) is 37.7. The number of allylic oxidation sites excluding steroid dienone is 8. The quantitative estimate of drug-likeness (QED) is 0.0215. The molecular weight excluding hydrogens is 967 g/mol. The smallest absolute Gasteiger partial charge is 0.249 e. The molecular formula is C66H123NO10. The summed E-state index contributed by atoms with van der Waals surface area (Å²) in [6.45, 7) is 3.45. The van der Waals surface area contributed by atoms with E-state index in [0.717, 1.165) is 44.9 Å². The summed E-state index contributed by atoms with van der Waals surface area (Å²) in [4.78, 5) is 13.2. The van der Waals surface area contributed by atoms with E-state index in [0.29, 0.717) is 19.3 Å². The lowest BCUT2D eigenvalue weighted by Gasteiger charge is -2.40. The van der Waals surface area contributed by atoms with Crippen LogP contribution in [0.15, 0.2) is 48.6 Å². The molecule has 1 heterocycles. The predicted molar refractivity (Wildman–Crippen MR) is 321 cm³/mol. The molecule has 1 fully saturated rings. The Morgan fingerprint density at radius 3 is 1.16 bits per heavy atom. The van der Waals surface area contributed by atoms with Crippen LogP contribution in [0.25, 0.3) is 0 Å². The Morgan fingerprint density at radius 1 is 0.442 bits per heavy atom. The Labute approximate surface area is 472 Å². The Morgan fingerprint density at radius 2 is 0.779 bits per heavy atom. The van der Waals surface area contributed by atoms with Gasteiger partial charge in [0.15, 0.2) is 6.29 Å². The number of carbonyl (C=O) groups is 1. The van der Waals surface area contributed by atoms with Gasteiger partial charge in [-0.3, -0.25) is 4.79 Å².